The van der Waals surface area contributed by atoms with Crippen molar-refractivity contribution >= 4 is 0 Å². The fraction of sp³-hybridized carbons (Fsp3) is 0.857. The lowest BCUT2D eigenvalue weighted by Gasteiger charge is -2.00. The number of aliphatic hydroxyl groups excluding tert-OH is 1. The van der Waals surface area contributed by atoms with Gasteiger partial charge in [-0.05, 0) is 26.2 Å². The molecule has 0 radical (unpaired) electrons. The van der Waals surface area contributed by atoms with E-state index in [4.69, 9.17) is 5.11 Å². The summed E-state index contributed by atoms with van der Waals surface area (Å²) in [7, 11) is 0. The number of hydrogen-bond acceptors (Lipinski definition) is 1. The van der Waals surface area contributed by atoms with Gasteiger partial charge in [-0.3, -0.25) is 0 Å². The monoisotopic (exact) mass is 212 g/mol. The van der Waals surface area contributed by atoms with E-state index in [0.29, 0.717) is 6.61 Å². The van der Waals surface area contributed by atoms with Crippen LogP contribution in [0.5, 0.6) is 0 Å². The highest BCUT2D eigenvalue weighted by Crippen LogP contribution is 2.10. The van der Waals surface area contributed by atoms with E-state index in [1.807, 2.05) is 0 Å². The van der Waals surface area contributed by atoms with Crippen molar-refractivity contribution in [3.05, 3.63) is 12.2 Å². The Labute approximate surface area is 95.6 Å². The van der Waals surface area contributed by atoms with Gasteiger partial charge in [0.25, 0.3) is 0 Å². The first-order valence-corrected chi connectivity index (χ1v) is 6.64. The summed E-state index contributed by atoms with van der Waals surface area (Å²) in [5.41, 5.74) is 0. The van der Waals surface area contributed by atoms with Crippen molar-refractivity contribution < 1.29 is 5.11 Å². The first kappa shape index (κ1) is 14.7. The fourth-order valence-corrected chi connectivity index (χ4v) is 1.78. The number of hydrogen-bond donors (Lipinski definition) is 1. The number of allylic oxidation sites excluding steroid dienone is 2. The summed E-state index contributed by atoms with van der Waals surface area (Å²) in [6.45, 7) is 2.46. The van der Waals surface area contributed by atoms with Crippen LogP contribution in [0.2, 0.25) is 0 Å². The van der Waals surface area contributed by atoms with Gasteiger partial charge >= 0.3 is 0 Å². The van der Waals surface area contributed by atoms with Crippen molar-refractivity contribution in [2.45, 2.75) is 71.1 Å². The lowest BCUT2D eigenvalue weighted by molar-refractivity contribution is 0.282. The predicted molar refractivity (Wildman–Crippen MR) is 68.1 cm³/mol. The highest BCUT2D eigenvalue weighted by Gasteiger charge is 1.91. The Kier molecular flexibility index (Phi) is 13.4. The molecular formula is C14H28O. The normalized spacial score (nSPS) is 11.3. The van der Waals surface area contributed by atoms with Gasteiger partial charge < -0.3 is 5.11 Å². The third-order valence-electron chi connectivity index (χ3n) is 2.76. The zero-order valence-corrected chi connectivity index (χ0v) is 10.4. The molecule has 1 N–H and O–H groups in total. The third kappa shape index (κ3) is 13.7. The van der Waals surface area contributed by atoms with E-state index >= 15 is 0 Å². The van der Waals surface area contributed by atoms with Crippen LogP contribution in [0, 0.1) is 0 Å². The van der Waals surface area contributed by atoms with Crippen LogP contribution >= 0.6 is 0 Å². The predicted octanol–water partition coefficient (Wildman–Crippen LogP) is 4.46. The van der Waals surface area contributed by atoms with Gasteiger partial charge in [-0.25, -0.2) is 0 Å². The summed E-state index contributed by atoms with van der Waals surface area (Å²) in [4.78, 5) is 0. The Hall–Kier alpha value is -0.300. The summed E-state index contributed by atoms with van der Waals surface area (Å²) in [5, 5.41) is 8.60. The largest absolute Gasteiger partial charge is 0.396 e. The molecule has 0 amide bonds. The molecule has 0 saturated carbocycles. The van der Waals surface area contributed by atoms with Crippen LogP contribution < -0.4 is 0 Å². The van der Waals surface area contributed by atoms with Crippen LogP contribution in [0.1, 0.15) is 71.1 Å². The van der Waals surface area contributed by atoms with Gasteiger partial charge in [0.1, 0.15) is 0 Å². The van der Waals surface area contributed by atoms with E-state index in [2.05, 4.69) is 19.1 Å². The van der Waals surface area contributed by atoms with Gasteiger partial charge in [0.2, 0.25) is 0 Å². The van der Waals surface area contributed by atoms with Gasteiger partial charge in [-0.2, -0.15) is 0 Å². The summed E-state index contributed by atoms with van der Waals surface area (Å²) in [6, 6.07) is 0. The van der Waals surface area contributed by atoms with Gasteiger partial charge in [0, 0.05) is 6.61 Å². The fourth-order valence-electron chi connectivity index (χ4n) is 1.78. The molecule has 0 aromatic rings. The molecule has 0 spiro atoms. The van der Waals surface area contributed by atoms with Crippen LogP contribution in [0.25, 0.3) is 0 Å². The van der Waals surface area contributed by atoms with Crippen LogP contribution in [-0.4, -0.2) is 11.7 Å². The van der Waals surface area contributed by atoms with Gasteiger partial charge in [0.15, 0.2) is 0 Å². The molecule has 0 atom stereocenters. The molecule has 0 unspecified atom stereocenters. The molecule has 0 aromatic carbocycles. The molecule has 0 heterocycles. The Morgan fingerprint density at radius 3 is 1.67 bits per heavy atom. The first-order valence-electron chi connectivity index (χ1n) is 6.64. The summed E-state index contributed by atoms with van der Waals surface area (Å²) in [5.74, 6) is 0. The van der Waals surface area contributed by atoms with Crippen LogP contribution in [0.15, 0.2) is 12.2 Å². The van der Waals surface area contributed by atoms with Crippen LogP contribution in [0.3, 0.4) is 0 Å². The zero-order chi connectivity index (χ0) is 11.2. The Morgan fingerprint density at radius 1 is 0.733 bits per heavy atom. The molecule has 0 aliphatic rings. The minimum atomic E-state index is 0.366. The van der Waals surface area contributed by atoms with Gasteiger partial charge in [-0.1, -0.05) is 57.1 Å². The lowest BCUT2D eigenvalue weighted by Crippen LogP contribution is -1.84. The van der Waals surface area contributed by atoms with E-state index in [1.54, 1.807) is 0 Å². The molecule has 0 aromatic heterocycles. The third-order valence-corrected chi connectivity index (χ3v) is 2.76. The Bertz CT molecular complexity index is 129. The number of aliphatic hydroxyl groups is 1. The van der Waals surface area contributed by atoms with Crippen molar-refractivity contribution in [3.8, 4) is 0 Å². The standard InChI is InChI=1S/C14H28O/c1-2-3-4-5-6-7-8-9-10-11-12-13-14-15/h2-3,15H,4-14H2,1H3/b3-2+. The highest BCUT2D eigenvalue weighted by atomic mass is 16.2. The zero-order valence-electron chi connectivity index (χ0n) is 10.4. The smallest absolute Gasteiger partial charge is 0.0431 e. The van der Waals surface area contributed by atoms with E-state index in [0.717, 1.165) is 6.42 Å². The van der Waals surface area contributed by atoms with Crippen molar-refractivity contribution in [1.29, 1.82) is 0 Å². The summed E-state index contributed by atoms with van der Waals surface area (Å²) < 4.78 is 0. The topological polar surface area (TPSA) is 20.2 Å². The first-order chi connectivity index (χ1) is 7.41. The minimum absolute atomic E-state index is 0.366. The number of rotatable bonds is 11. The SMILES string of the molecule is C/C=C/CCCCCCCCCCCO. The van der Waals surface area contributed by atoms with Crippen LogP contribution in [-0.2, 0) is 0 Å². The molecule has 0 aliphatic heterocycles. The van der Waals surface area contributed by atoms with Gasteiger partial charge in [0.05, 0.1) is 0 Å². The average Bonchev–Trinajstić information content (AvgIpc) is 2.26. The molecule has 1 nitrogen and oxygen atoms in total. The second-order valence-electron chi connectivity index (χ2n) is 4.26. The van der Waals surface area contributed by atoms with E-state index < -0.39 is 0 Å². The summed E-state index contributed by atoms with van der Waals surface area (Å²) >= 11 is 0. The van der Waals surface area contributed by atoms with Gasteiger partial charge in [-0.15, -0.1) is 0 Å². The molecule has 15 heavy (non-hydrogen) atoms. The molecule has 0 bridgehead atoms. The van der Waals surface area contributed by atoms with E-state index in [-0.39, 0.29) is 0 Å². The van der Waals surface area contributed by atoms with Crippen molar-refractivity contribution in [2.75, 3.05) is 6.61 Å². The second-order valence-corrected chi connectivity index (χ2v) is 4.26. The van der Waals surface area contributed by atoms with Crippen molar-refractivity contribution in [3.63, 3.8) is 0 Å². The molecule has 0 aliphatic carbocycles. The van der Waals surface area contributed by atoms with E-state index in [9.17, 15) is 0 Å². The lowest BCUT2D eigenvalue weighted by atomic mass is 10.1. The minimum Gasteiger partial charge on any atom is -0.396 e. The Balaban J connectivity index is 2.86. The van der Waals surface area contributed by atoms with Crippen molar-refractivity contribution in [2.24, 2.45) is 0 Å². The second kappa shape index (κ2) is 13.7. The number of unbranched alkanes of at least 4 members (excludes halogenated alkanes) is 9. The van der Waals surface area contributed by atoms with Crippen molar-refractivity contribution in [1.82, 2.24) is 0 Å². The summed E-state index contributed by atoms with van der Waals surface area (Å²) in [6.07, 6.45) is 17.4. The quantitative estimate of drug-likeness (QED) is 0.396. The van der Waals surface area contributed by atoms with E-state index in [1.165, 1.54) is 57.8 Å². The average molecular weight is 212 g/mol. The maximum absolute atomic E-state index is 8.60. The molecular weight excluding hydrogens is 184 g/mol. The molecule has 1 heteroatoms. The molecule has 90 valence electrons. The maximum atomic E-state index is 8.60. The highest BCUT2D eigenvalue weighted by molar-refractivity contribution is 4.76. The molecule has 0 rings (SSSR count). The molecule has 0 saturated heterocycles. The Morgan fingerprint density at radius 2 is 1.20 bits per heavy atom. The molecule has 0 fully saturated rings. The van der Waals surface area contributed by atoms with Crippen LogP contribution in [0.4, 0.5) is 0 Å². The maximum Gasteiger partial charge on any atom is 0.0431 e.